The Morgan fingerprint density at radius 1 is 0.388 bits per heavy atom. The van der Waals surface area contributed by atoms with Gasteiger partial charge in [-0.05, 0) is 123 Å². The van der Waals surface area contributed by atoms with Crippen LogP contribution in [0.3, 0.4) is 0 Å². The number of hydrogen-bond acceptors (Lipinski definition) is 8. The lowest BCUT2D eigenvalue weighted by Gasteiger charge is -2.31. The van der Waals surface area contributed by atoms with Crippen molar-refractivity contribution >= 4 is 28.4 Å². The summed E-state index contributed by atoms with van der Waals surface area (Å²) >= 11 is 0. The number of nitro benzene ring substituents is 1. The van der Waals surface area contributed by atoms with Crippen molar-refractivity contribution in [2.24, 2.45) is 0 Å². The predicted octanol–water partition coefficient (Wildman–Crippen LogP) is 19.2. The van der Waals surface area contributed by atoms with Crippen LogP contribution in [0.5, 0.6) is 34.5 Å². The molecular formula is C72H59N7O6. The standard InChI is InChI=1S/C40H30N4O2.C24H26O2.C8H3N3O2/c1-39(2,29-11-16-33(17-12-29)45-35-15-10-27(25-41)28(22-35)26-42)31-8-7-9-32(23-31)40(3,4)30-13-18-34(19-14-30)46-36-20-21-37(43-5)38(24-36)44-6;1-23(2,17-8-12-21(25)13-9-17)19-6-5-7-20(16-19)24(3,4)18-10-14-22(26)15-11-18;1-9-7-4-3-6(11(12)13)5-8(7)10-2/h7-24H,1-4H3;5-16,25-26H,1-4H3;3-5H. The van der Waals surface area contributed by atoms with Crippen molar-refractivity contribution in [3.63, 3.8) is 0 Å². The molecule has 418 valence electrons. The molecule has 0 saturated carbocycles. The third-order valence-electron chi connectivity index (χ3n) is 15.2. The number of nitrogens with zero attached hydrogens (tertiary/aromatic N) is 7. The Hall–Kier alpha value is -11.5. The van der Waals surface area contributed by atoms with E-state index in [4.69, 9.17) is 35.8 Å². The van der Waals surface area contributed by atoms with Crippen LogP contribution >= 0.6 is 0 Å². The third-order valence-corrected chi connectivity index (χ3v) is 15.2. The van der Waals surface area contributed by atoms with Crippen LogP contribution in [0.25, 0.3) is 19.4 Å². The van der Waals surface area contributed by atoms with Crippen molar-refractivity contribution in [2.45, 2.75) is 77.0 Å². The number of rotatable bonds is 13. The number of benzene rings is 9. The second-order valence-corrected chi connectivity index (χ2v) is 22.0. The molecule has 0 spiro atoms. The molecule has 0 amide bonds. The maximum atomic E-state index is 10.3. The minimum atomic E-state index is -0.595. The van der Waals surface area contributed by atoms with Crippen molar-refractivity contribution < 1.29 is 24.6 Å². The Bertz CT molecular complexity index is 3960. The molecule has 0 heterocycles. The van der Waals surface area contributed by atoms with Crippen LogP contribution in [-0.4, -0.2) is 15.1 Å². The van der Waals surface area contributed by atoms with E-state index in [0.29, 0.717) is 34.2 Å². The number of hydrogen-bond donors (Lipinski definition) is 2. The van der Waals surface area contributed by atoms with E-state index >= 15 is 0 Å². The number of phenols is 2. The molecule has 0 radical (unpaired) electrons. The number of nitro groups is 1. The molecule has 9 aromatic rings. The van der Waals surface area contributed by atoms with Gasteiger partial charge in [-0.3, -0.25) is 19.8 Å². The zero-order valence-corrected chi connectivity index (χ0v) is 48.2. The second kappa shape index (κ2) is 26.0. The molecule has 9 aromatic carbocycles. The van der Waals surface area contributed by atoms with Gasteiger partial charge in [0.15, 0.2) is 17.1 Å². The molecule has 0 aliphatic carbocycles. The van der Waals surface area contributed by atoms with Gasteiger partial charge in [0.05, 0.1) is 42.3 Å². The van der Waals surface area contributed by atoms with E-state index in [1.807, 2.05) is 60.7 Å². The molecule has 0 fully saturated rings. The van der Waals surface area contributed by atoms with Crippen LogP contribution < -0.4 is 9.47 Å². The SMILES string of the molecule is CC(C)(c1ccc(O)cc1)c1cccc(C(C)(C)c2ccc(O)cc2)c1.[C-]#[N+]c1ccc(Oc2ccc(C(C)(C)c3cccc(C(C)(C)c4ccc(Oc5ccc(C#N)c(C#N)c5)cc4)c3)cc2)cc1[N+]#[C-].[C-]#[N+]c1ccc([N+](=O)[O-])cc1[N+]#[C-]. The Morgan fingerprint density at radius 3 is 1.06 bits per heavy atom. The van der Waals surface area contributed by atoms with E-state index in [1.54, 1.807) is 60.7 Å². The maximum Gasteiger partial charge on any atom is 0.256 e. The van der Waals surface area contributed by atoms with Crippen LogP contribution in [0.4, 0.5) is 28.4 Å². The first-order valence-electron chi connectivity index (χ1n) is 26.7. The van der Waals surface area contributed by atoms with E-state index < -0.39 is 4.92 Å². The van der Waals surface area contributed by atoms with Crippen LogP contribution in [-0.2, 0) is 21.7 Å². The minimum Gasteiger partial charge on any atom is -0.508 e. The summed E-state index contributed by atoms with van der Waals surface area (Å²) in [4.78, 5) is 22.6. The van der Waals surface area contributed by atoms with Crippen molar-refractivity contribution in [3.8, 4) is 46.6 Å². The highest BCUT2D eigenvalue weighted by Gasteiger charge is 2.30. The summed E-state index contributed by atoms with van der Waals surface area (Å²) in [6, 6.07) is 65.5. The fourth-order valence-electron chi connectivity index (χ4n) is 9.50. The lowest BCUT2D eigenvalue weighted by atomic mass is 9.73. The topological polar surface area (TPSA) is 167 Å². The largest absolute Gasteiger partial charge is 0.508 e. The number of aromatic hydroxyl groups is 2. The molecule has 2 N–H and O–H groups in total. The molecule has 0 bridgehead atoms. The molecule has 0 aliphatic rings. The van der Waals surface area contributed by atoms with Crippen molar-refractivity contribution in [2.75, 3.05) is 0 Å². The number of phenolic OH excluding ortho intramolecular Hbond substituents is 2. The summed E-state index contributed by atoms with van der Waals surface area (Å²) in [6.45, 7) is 45.5. The molecule has 0 aromatic heterocycles. The highest BCUT2D eigenvalue weighted by molar-refractivity contribution is 5.74. The number of nitriles is 2. The number of non-ortho nitro benzene ring substituents is 1. The van der Waals surface area contributed by atoms with Gasteiger partial charge in [-0.2, -0.15) is 10.5 Å². The zero-order chi connectivity index (χ0) is 61.7. The number of ether oxygens (including phenoxy) is 2. The zero-order valence-electron chi connectivity index (χ0n) is 48.2. The molecule has 0 saturated heterocycles. The highest BCUT2D eigenvalue weighted by atomic mass is 16.6. The van der Waals surface area contributed by atoms with Gasteiger partial charge in [-0.25, -0.2) is 9.69 Å². The Labute approximate surface area is 496 Å². The van der Waals surface area contributed by atoms with Gasteiger partial charge < -0.3 is 19.7 Å². The van der Waals surface area contributed by atoms with Crippen molar-refractivity contribution in [3.05, 3.63) is 312 Å². The predicted molar refractivity (Wildman–Crippen MR) is 331 cm³/mol. The molecule has 9 rings (SSSR count). The van der Waals surface area contributed by atoms with E-state index in [1.165, 1.54) is 34.4 Å². The fraction of sp³-hybridized carbons (Fsp3) is 0.167. The Kier molecular flexibility index (Phi) is 18.7. The summed E-state index contributed by atoms with van der Waals surface area (Å²) in [5.74, 6) is 2.88. The normalized spacial score (nSPS) is 10.9. The summed E-state index contributed by atoms with van der Waals surface area (Å²) in [7, 11) is 0. The second-order valence-electron chi connectivity index (χ2n) is 22.0. The minimum absolute atomic E-state index is 0.0178. The van der Waals surface area contributed by atoms with Gasteiger partial charge in [0, 0.05) is 33.8 Å². The monoisotopic (exact) mass is 1120 g/mol. The van der Waals surface area contributed by atoms with Crippen molar-refractivity contribution in [1.29, 1.82) is 10.5 Å². The molecule has 0 aliphatic heterocycles. The summed E-state index contributed by atoms with van der Waals surface area (Å²) in [5.41, 5.74) is 9.64. The first kappa shape index (κ1) is 61.1. The Morgan fingerprint density at radius 2 is 0.706 bits per heavy atom. The molecule has 0 atom stereocenters. The van der Waals surface area contributed by atoms with Crippen LogP contribution in [0.2, 0.25) is 0 Å². The van der Waals surface area contributed by atoms with Gasteiger partial charge in [-0.15, -0.1) is 0 Å². The quantitative estimate of drug-likeness (QED) is 0.0654. The average Bonchev–Trinajstić information content (AvgIpc) is 3.22. The summed E-state index contributed by atoms with van der Waals surface area (Å²) < 4.78 is 12.0. The highest BCUT2D eigenvalue weighted by Crippen LogP contribution is 2.41. The molecule has 13 nitrogen and oxygen atoms in total. The third kappa shape index (κ3) is 14.2. The van der Waals surface area contributed by atoms with Crippen LogP contribution in [0.15, 0.2) is 200 Å². The lowest BCUT2D eigenvalue weighted by molar-refractivity contribution is -0.384. The van der Waals surface area contributed by atoms with E-state index in [0.717, 1.165) is 28.3 Å². The van der Waals surface area contributed by atoms with Gasteiger partial charge in [-0.1, -0.05) is 165 Å². The summed E-state index contributed by atoms with van der Waals surface area (Å²) in [5, 5.41) is 47.9. The van der Waals surface area contributed by atoms with E-state index in [9.17, 15) is 30.9 Å². The Balaban J connectivity index is 0.000000220. The van der Waals surface area contributed by atoms with Gasteiger partial charge in [0.1, 0.15) is 46.6 Å². The lowest BCUT2D eigenvalue weighted by Crippen LogP contribution is -2.22. The average molecular weight is 1120 g/mol. The first-order valence-corrected chi connectivity index (χ1v) is 26.7. The van der Waals surface area contributed by atoms with Crippen LogP contribution in [0, 0.1) is 59.1 Å². The van der Waals surface area contributed by atoms with E-state index in [2.05, 4.69) is 148 Å². The van der Waals surface area contributed by atoms with E-state index in [-0.39, 0.29) is 61.5 Å². The molecule has 13 heteroatoms. The van der Waals surface area contributed by atoms with Crippen molar-refractivity contribution in [1.82, 2.24) is 0 Å². The molecule has 0 unspecified atom stereocenters. The summed E-state index contributed by atoms with van der Waals surface area (Å²) in [6.07, 6.45) is 0. The van der Waals surface area contributed by atoms with Gasteiger partial charge in [0.2, 0.25) is 5.69 Å². The fourth-order valence-corrected chi connectivity index (χ4v) is 9.50. The van der Waals surface area contributed by atoms with Gasteiger partial charge in [0.25, 0.3) is 5.69 Å². The smallest absolute Gasteiger partial charge is 0.256 e. The molecular weight excluding hydrogens is 1060 g/mol. The van der Waals surface area contributed by atoms with Gasteiger partial charge >= 0.3 is 0 Å². The first-order chi connectivity index (χ1) is 40.5. The maximum absolute atomic E-state index is 10.3. The molecule has 85 heavy (non-hydrogen) atoms. The van der Waals surface area contributed by atoms with Crippen LogP contribution in [0.1, 0.15) is 111 Å².